The number of hydrogen-bond acceptors (Lipinski definition) is 2. The van der Waals surface area contributed by atoms with Gasteiger partial charge >= 0.3 is 0 Å². The number of rotatable bonds is 6. The molecule has 22 heavy (non-hydrogen) atoms. The molecule has 0 unspecified atom stereocenters. The van der Waals surface area contributed by atoms with E-state index in [9.17, 15) is 0 Å². The van der Waals surface area contributed by atoms with Crippen molar-refractivity contribution in [2.75, 3.05) is 32.7 Å². The van der Waals surface area contributed by atoms with Gasteiger partial charge in [0.05, 0.1) is 6.54 Å². The molecule has 126 valence electrons. The van der Waals surface area contributed by atoms with Gasteiger partial charge in [-0.3, -0.25) is 9.89 Å². The van der Waals surface area contributed by atoms with Crippen LogP contribution in [-0.2, 0) is 0 Å². The Kier molecular flexibility index (Phi) is 4.96. The van der Waals surface area contributed by atoms with E-state index in [-0.39, 0.29) is 0 Å². The highest BCUT2D eigenvalue weighted by Gasteiger charge is 2.43. The molecule has 4 heteroatoms. The summed E-state index contributed by atoms with van der Waals surface area (Å²) in [4.78, 5) is 10.1. The Morgan fingerprint density at radius 3 is 2.59 bits per heavy atom. The Morgan fingerprint density at radius 2 is 2.09 bits per heavy atom. The van der Waals surface area contributed by atoms with E-state index >= 15 is 0 Å². The maximum atomic E-state index is 4.94. The summed E-state index contributed by atoms with van der Waals surface area (Å²) in [7, 11) is 0. The third-order valence-corrected chi connectivity index (χ3v) is 5.79. The normalized spacial score (nSPS) is 24.4. The lowest BCUT2D eigenvalue weighted by Crippen LogP contribution is -2.43. The summed E-state index contributed by atoms with van der Waals surface area (Å²) in [5, 5.41) is 3.52. The molecule has 0 radical (unpaired) electrons. The summed E-state index contributed by atoms with van der Waals surface area (Å²) in [5.41, 5.74) is 0.647. The third-order valence-electron chi connectivity index (χ3n) is 5.79. The Morgan fingerprint density at radius 1 is 1.32 bits per heavy atom. The maximum Gasteiger partial charge on any atom is 0.193 e. The quantitative estimate of drug-likeness (QED) is 0.605. The van der Waals surface area contributed by atoms with E-state index in [1.807, 2.05) is 0 Å². The minimum atomic E-state index is 0.647. The van der Waals surface area contributed by atoms with Gasteiger partial charge in [-0.05, 0) is 58.3 Å². The molecule has 2 saturated carbocycles. The molecular weight excluding hydrogens is 272 g/mol. The highest BCUT2D eigenvalue weighted by Crippen LogP contribution is 2.47. The second-order valence-electron chi connectivity index (χ2n) is 7.82. The SMILES string of the molecule is CCNC(=NCCN(C(C)C)C1CC1)N1CCC2(CCC2)C1. The highest BCUT2D eigenvalue weighted by atomic mass is 15.3. The number of nitrogens with zero attached hydrogens (tertiary/aromatic N) is 3. The van der Waals surface area contributed by atoms with Crippen molar-refractivity contribution in [1.82, 2.24) is 15.1 Å². The standard InChI is InChI=1S/C18H34N4/c1-4-19-17(21-12-10-18(14-21)8-5-9-18)20-11-13-22(15(2)3)16-6-7-16/h15-16H,4-14H2,1-3H3,(H,19,20). The van der Waals surface area contributed by atoms with Gasteiger partial charge in [-0.1, -0.05) is 6.42 Å². The monoisotopic (exact) mass is 306 g/mol. The molecule has 4 nitrogen and oxygen atoms in total. The fourth-order valence-corrected chi connectivity index (χ4v) is 4.17. The van der Waals surface area contributed by atoms with Crippen LogP contribution in [0.1, 0.15) is 59.3 Å². The van der Waals surface area contributed by atoms with Crippen molar-refractivity contribution in [3.05, 3.63) is 0 Å². The molecule has 1 heterocycles. The van der Waals surface area contributed by atoms with Crippen LogP contribution >= 0.6 is 0 Å². The second kappa shape index (κ2) is 6.77. The van der Waals surface area contributed by atoms with Crippen molar-refractivity contribution in [1.29, 1.82) is 0 Å². The first-order valence-corrected chi connectivity index (χ1v) is 9.42. The van der Waals surface area contributed by atoms with E-state index in [1.54, 1.807) is 0 Å². The average Bonchev–Trinajstić information content (AvgIpc) is 3.17. The van der Waals surface area contributed by atoms with Gasteiger partial charge in [0, 0.05) is 38.3 Å². The fraction of sp³-hybridized carbons (Fsp3) is 0.944. The van der Waals surface area contributed by atoms with Gasteiger partial charge in [0.25, 0.3) is 0 Å². The molecule has 0 aromatic rings. The van der Waals surface area contributed by atoms with Crippen molar-refractivity contribution in [3.8, 4) is 0 Å². The molecule has 3 fully saturated rings. The molecule has 0 bridgehead atoms. The molecule has 3 aliphatic rings. The van der Waals surface area contributed by atoms with Crippen molar-refractivity contribution >= 4 is 5.96 Å². The van der Waals surface area contributed by atoms with Crippen molar-refractivity contribution in [2.45, 2.75) is 71.4 Å². The fourth-order valence-electron chi connectivity index (χ4n) is 4.17. The van der Waals surface area contributed by atoms with Gasteiger partial charge < -0.3 is 10.2 Å². The van der Waals surface area contributed by atoms with Crippen LogP contribution in [0, 0.1) is 5.41 Å². The van der Waals surface area contributed by atoms with E-state index in [1.165, 1.54) is 51.6 Å². The van der Waals surface area contributed by atoms with Gasteiger partial charge in [-0.2, -0.15) is 0 Å². The van der Waals surface area contributed by atoms with Crippen LogP contribution in [0.4, 0.5) is 0 Å². The number of aliphatic imine (C=N–C) groups is 1. The number of guanidine groups is 1. The molecule has 1 N–H and O–H groups in total. The largest absolute Gasteiger partial charge is 0.357 e. The van der Waals surface area contributed by atoms with Crippen LogP contribution in [0.5, 0.6) is 0 Å². The van der Waals surface area contributed by atoms with Gasteiger partial charge in [0.15, 0.2) is 5.96 Å². The lowest BCUT2D eigenvalue weighted by Gasteiger charge is -2.38. The van der Waals surface area contributed by atoms with Crippen LogP contribution in [0.2, 0.25) is 0 Å². The number of likely N-dealkylation sites (tertiary alicyclic amines) is 1. The summed E-state index contributed by atoms with van der Waals surface area (Å²) >= 11 is 0. The van der Waals surface area contributed by atoms with E-state index in [2.05, 4.69) is 35.9 Å². The summed E-state index contributed by atoms with van der Waals surface area (Å²) in [5.74, 6) is 1.16. The minimum absolute atomic E-state index is 0.647. The molecular formula is C18H34N4. The molecule has 0 aromatic heterocycles. The first-order chi connectivity index (χ1) is 10.6. The molecule has 3 rings (SSSR count). The Balaban J connectivity index is 1.53. The second-order valence-corrected chi connectivity index (χ2v) is 7.82. The summed E-state index contributed by atoms with van der Waals surface area (Å²) in [6.45, 7) is 12.2. The topological polar surface area (TPSA) is 30.9 Å². The first-order valence-electron chi connectivity index (χ1n) is 9.42. The van der Waals surface area contributed by atoms with Gasteiger partial charge in [-0.25, -0.2) is 0 Å². The zero-order valence-corrected chi connectivity index (χ0v) is 14.8. The van der Waals surface area contributed by atoms with Crippen molar-refractivity contribution in [2.24, 2.45) is 10.4 Å². The molecule has 1 spiro atoms. The van der Waals surface area contributed by atoms with E-state index in [0.717, 1.165) is 31.6 Å². The molecule has 0 atom stereocenters. The van der Waals surface area contributed by atoms with Crippen LogP contribution in [0.3, 0.4) is 0 Å². The third kappa shape index (κ3) is 3.58. The van der Waals surface area contributed by atoms with Gasteiger partial charge in [0.1, 0.15) is 0 Å². The summed E-state index contributed by atoms with van der Waals surface area (Å²) < 4.78 is 0. The molecule has 1 saturated heterocycles. The molecule has 0 amide bonds. The minimum Gasteiger partial charge on any atom is -0.357 e. The smallest absolute Gasteiger partial charge is 0.193 e. The Hall–Kier alpha value is -0.770. The average molecular weight is 306 g/mol. The zero-order valence-electron chi connectivity index (χ0n) is 14.8. The first kappa shape index (κ1) is 16.1. The highest BCUT2D eigenvalue weighted by molar-refractivity contribution is 5.80. The van der Waals surface area contributed by atoms with E-state index in [0.29, 0.717) is 11.5 Å². The lowest BCUT2D eigenvalue weighted by molar-refractivity contribution is 0.151. The number of hydrogen-bond donors (Lipinski definition) is 1. The predicted molar refractivity (Wildman–Crippen MR) is 93.3 cm³/mol. The van der Waals surface area contributed by atoms with Crippen LogP contribution in [-0.4, -0.2) is 60.6 Å². The predicted octanol–water partition coefficient (Wildman–Crippen LogP) is 2.70. The van der Waals surface area contributed by atoms with Crippen molar-refractivity contribution in [3.63, 3.8) is 0 Å². The maximum absolute atomic E-state index is 4.94. The van der Waals surface area contributed by atoms with Crippen LogP contribution < -0.4 is 5.32 Å². The van der Waals surface area contributed by atoms with E-state index < -0.39 is 0 Å². The van der Waals surface area contributed by atoms with Gasteiger partial charge in [-0.15, -0.1) is 0 Å². The van der Waals surface area contributed by atoms with Gasteiger partial charge in [0.2, 0.25) is 0 Å². The zero-order chi connectivity index (χ0) is 15.6. The number of nitrogens with one attached hydrogen (secondary N) is 1. The van der Waals surface area contributed by atoms with Crippen LogP contribution in [0.15, 0.2) is 4.99 Å². The summed E-state index contributed by atoms with van der Waals surface area (Å²) in [6, 6.07) is 1.48. The molecule has 1 aliphatic heterocycles. The van der Waals surface area contributed by atoms with Crippen LogP contribution in [0.25, 0.3) is 0 Å². The van der Waals surface area contributed by atoms with Crippen molar-refractivity contribution < 1.29 is 0 Å². The lowest BCUT2D eigenvalue weighted by atomic mass is 9.68. The Bertz CT molecular complexity index is 394. The Labute approximate surface area is 136 Å². The molecule has 2 aliphatic carbocycles. The molecule has 0 aromatic carbocycles. The van der Waals surface area contributed by atoms with E-state index in [4.69, 9.17) is 4.99 Å². The summed E-state index contributed by atoms with van der Waals surface area (Å²) in [6.07, 6.45) is 8.45.